The lowest BCUT2D eigenvalue weighted by Gasteiger charge is -2.11. The van der Waals surface area contributed by atoms with Crippen LogP contribution in [-0.2, 0) is 0 Å². The van der Waals surface area contributed by atoms with Gasteiger partial charge in [0.05, 0.1) is 11.8 Å². The molecular weight excluding hydrogens is 392 g/mol. The van der Waals surface area contributed by atoms with E-state index in [0.29, 0.717) is 22.5 Å². The van der Waals surface area contributed by atoms with Gasteiger partial charge >= 0.3 is 0 Å². The lowest BCUT2D eigenvalue weighted by molar-refractivity contribution is 0.0960. The molecule has 6 rings (SSSR count). The predicted octanol–water partition coefficient (Wildman–Crippen LogP) is 5.69. The van der Waals surface area contributed by atoms with E-state index < -0.39 is 6.10 Å². The van der Waals surface area contributed by atoms with Crippen LogP contribution in [0.15, 0.2) is 87.9 Å². The first-order valence-electron chi connectivity index (χ1n) is 9.89. The Morgan fingerprint density at radius 2 is 1.39 bits per heavy atom. The van der Waals surface area contributed by atoms with Crippen molar-refractivity contribution in [3.63, 3.8) is 0 Å². The van der Waals surface area contributed by atoms with Gasteiger partial charge in [0, 0.05) is 16.5 Å². The summed E-state index contributed by atoms with van der Waals surface area (Å²) in [6.45, 7) is 1.71. The third-order valence-electron chi connectivity index (χ3n) is 5.35. The molecule has 152 valence electrons. The van der Waals surface area contributed by atoms with Gasteiger partial charge in [-0.25, -0.2) is 0 Å². The molecule has 1 atom stereocenters. The van der Waals surface area contributed by atoms with Gasteiger partial charge < -0.3 is 13.9 Å². The number of hydrogen-bond acceptors (Lipinski definition) is 5. The summed E-state index contributed by atoms with van der Waals surface area (Å²) < 4.78 is 10.6. The summed E-state index contributed by atoms with van der Waals surface area (Å²) in [5.74, 6) is 0.406. The summed E-state index contributed by atoms with van der Waals surface area (Å²) in [5.41, 5.74) is 2.06. The van der Waals surface area contributed by atoms with Gasteiger partial charge in [-0.2, -0.15) is 0 Å². The van der Waals surface area contributed by atoms with E-state index in [9.17, 15) is 14.7 Å². The fraction of sp³-hybridized carbons (Fsp3) is 0.0769. The van der Waals surface area contributed by atoms with Crippen molar-refractivity contribution in [2.45, 2.75) is 13.0 Å². The average molecular weight is 410 g/mol. The number of rotatable bonds is 1. The Kier molecular flexibility index (Phi) is 4.53. The largest absolute Gasteiger partial charge is 0.460 e. The van der Waals surface area contributed by atoms with Gasteiger partial charge in [-0.1, -0.05) is 48.5 Å². The third-order valence-corrected chi connectivity index (χ3v) is 5.35. The molecule has 0 amide bonds. The summed E-state index contributed by atoms with van der Waals surface area (Å²) in [6.07, 6.45) is 0.808. The van der Waals surface area contributed by atoms with Crippen LogP contribution < -0.4 is 0 Å². The number of aliphatic hydroxyl groups excluding tert-OH is 1. The number of fused-ring (bicyclic) bond motifs is 4. The molecule has 0 spiro atoms. The van der Waals surface area contributed by atoms with Crippen LogP contribution in [0.4, 0.5) is 0 Å². The number of carbonyl (C=O) groups excluding carboxylic acids is 2. The summed E-state index contributed by atoms with van der Waals surface area (Å²) in [7, 11) is 0. The van der Waals surface area contributed by atoms with Crippen LogP contribution in [0.5, 0.6) is 0 Å². The summed E-state index contributed by atoms with van der Waals surface area (Å²) in [6, 6.07) is 22.5. The van der Waals surface area contributed by atoms with Crippen molar-refractivity contribution in [3.8, 4) is 0 Å². The highest BCUT2D eigenvalue weighted by molar-refractivity contribution is 6.27. The minimum Gasteiger partial charge on any atom is -0.460 e. The van der Waals surface area contributed by atoms with E-state index in [1.54, 1.807) is 31.2 Å². The number of furan rings is 2. The maximum atomic E-state index is 11.9. The van der Waals surface area contributed by atoms with Crippen LogP contribution in [0.2, 0.25) is 0 Å². The van der Waals surface area contributed by atoms with Crippen molar-refractivity contribution in [3.05, 3.63) is 107 Å². The Hall–Kier alpha value is -3.96. The normalized spacial score (nSPS) is 13.5. The Bertz CT molecular complexity index is 1350. The van der Waals surface area contributed by atoms with Crippen LogP contribution in [-0.4, -0.2) is 16.7 Å². The van der Waals surface area contributed by atoms with Gasteiger partial charge in [0.1, 0.15) is 17.4 Å². The minimum absolute atomic E-state index is 0.144. The predicted molar refractivity (Wildman–Crippen MR) is 116 cm³/mol. The molecule has 0 aliphatic heterocycles. The molecule has 1 aliphatic rings. The SMILES string of the molecule is CC(O)c1cc2cc3ccccc3cc2o1.O=C1c2ccccc2C(=O)c2occc21. The number of carbonyl (C=O) groups is 2. The Labute approximate surface area is 177 Å². The van der Waals surface area contributed by atoms with Crippen molar-refractivity contribution >= 4 is 33.3 Å². The summed E-state index contributed by atoms with van der Waals surface area (Å²) in [5, 5.41) is 12.8. The lowest BCUT2D eigenvalue weighted by Crippen LogP contribution is -2.18. The molecule has 5 heteroatoms. The molecule has 0 radical (unpaired) electrons. The smallest absolute Gasteiger partial charge is 0.229 e. The topological polar surface area (TPSA) is 80.7 Å². The molecule has 1 N–H and O–H groups in total. The third kappa shape index (κ3) is 3.25. The zero-order valence-electron chi connectivity index (χ0n) is 16.7. The zero-order valence-corrected chi connectivity index (χ0v) is 16.7. The summed E-state index contributed by atoms with van der Waals surface area (Å²) >= 11 is 0. The van der Waals surface area contributed by atoms with Crippen molar-refractivity contribution in [1.29, 1.82) is 0 Å². The van der Waals surface area contributed by atoms with E-state index in [2.05, 4.69) is 18.2 Å². The van der Waals surface area contributed by atoms with Crippen LogP contribution in [0.1, 0.15) is 50.8 Å². The quantitative estimate of drug-likeness (QED) is 0.376. The van der Waals surface area contributed by atoms with E-state index in [0.717, 1.165) is 16.4 Å². The fourth-order valence-corrected chi connectivity index (χ4v) is 3.76. The highest BCUT2D eigenvalue weighted by Gasteiger charge is 2.31. The molecule has 5 aromatic rings. The van der Waals surface area contributed by atoms with Crippen LogP contribution in [0, 0.1) is 0 Å². The summed E-state index contributed by atoms with van der Waals surface area (Å²) in [4.78, 5) is 23.8. The first-order valence-corrected chi connectivity index (χ1v) is 9.89. The number of aliphatic hydroxyl groups is 1. The van der Waals surface area contributed by atoms with Crippen molar-refractivity contribution < 1.29 is 23.5 Å². The molecule has 0 saturated heterocycles. The molecule has 1 unspecified atom stereocenters. The van der Waals surface area contributed by atoms with Crippen LogP contribution in [0.25, 0.3) is 21.7 Å². The second-order valence-electron chi connectivity index (χ2n) is 7.43. The van der Waals surface area contributed by atoms with Gasteiger partial charge in [0.15, 0.2) is 11.5 Å². The molecule has 0 saturated carbocycles. The molecule has 1 aliphatic carbocycles. The van der Waals surface area contributed by atoms with Gasteiger partial charge in [-0.3, -0.25) is 9.59 Å². The van der Waals surface area contributed by atoms with Gasteiger partial charge in [0.2, 0.25) is 5.78 Å². The molecule has 2 aromatic heterocycles. The van der Waals surface area contributed by atoms with Crippen LogP contribution >= 0.6 is 0 Å². The second-order valence-corrected chi connectivity index (χ2v) is 7.43. The molecular formula is C26H18O5. The second kappa shape index (κ2) is 7.38. The van der Waals surface area contributed by atoms with E-state index in [1.807, 2.05) is 24.3 Å². The van der Waals surface area contributed by atoms with E-state index in [-0.39, 0.29) is 17.3 Å². The average Bonchev–Trinajstić information content (AvgIpc) is 3.44. The van der Waals surface area contributed by atoms with Crippen molar-refractivity contribution in [1.82, 2.24) is 0 Å². The van der Waals surface area contributed by atoms with Gasteiger partial charge in [-0.15, -0.1) is 0 Å². The van der Waals surface area contributed by atoms with Crippen molar-refractivity contribution in [2.24, 2.45) is 0 Å². The molecule has 2 heterocycles. The molecule has 0 fully saturated rings. The highest BCUT2D eigenvalue weighted by atomic mass is 16.4. The van der Waals surface area contributed by atoms with Gasteiger partial charge in [0.25, 0.3) is 0 Å². The minimum atomic E-state index is -0.560. The molecule has 31 heavy (non-hydrogen) atoms. The first-order chi connectivity index (χ1) is 15.0. The number of ketones is 2. The number of hydrogen-bond donors (Lipinski definition) is 1. The maximum Gasteiger partial charge on any atom is 0.229 e. The van der Waals surface area contributed by atoms with Crippen LogP contribution in [0.3, 0.4) is 0 Å². The number of benzene rings is 3. The van der Waals surface area contributed by atoms with E-state index in [4.69, 9.17) is 8.83 Å². The lowest BCUT2D eigenvalue weighted by atomic mass is 9.89. The van der Waals surface area contributed by atoms with Gasteiger partial charge in [-0.05, 0) is 42.0 Å². The Morgan fingerprint density at radius 3 is 2.10 bits per heavy atom. The molecule has 0 bridgehead atoms. The fourth-order valence-electron chi connectivity index (χ4n) is 3.76. The zero-order chi connectivity index (χ0) is 21.5. The standard InChI is InChI=1S/C14H12O2.C12H6O3/c1-9(15)13-8-12-6-10-4-2-3-5-11(10)7-14(12)16-13;13-10-7-3-1-2-4-8(7)11(14)12-9(10)5-6-15-12/h2-9,15H,1H3;1-6H. The Morgan fingerprint density at radius 1 is 0.742 bits per heavy atom. The highest BCUT2D eigenvalue weighted by Crippen LogP contribution is 2.28. The molecule has 5 nitrogen and oxygen atoms in total. The maximum absolute atomic E-state index is 11.9. The molecule has 3 aromatic carbocycles. The van der Waals surface area contributed by atoms with E-state index in [1.165, 1.54) is 17.7 Å². The van der Waals surface area contributed by atoms with E-state index >= 15 is 0 Å². The van der Waals surface area contributed by atoms with Crippen molar-refractivity contribution in [2.75, 3.05) is 0 Å². The first kappa shape index (κ1) is 19.0. The Balaban J connectivity index is 0.000000132. The monoisotopic (exact) mass is 410 g/mol.